The molecule has 5 saturated heterocycles. The molecule has 5 aliphatic heterocycles. The van der Waals surface area contributed by atoms with Gasteiger partial charge in [0.1, 0.15) is 0 Å². The van der Waals surface area contributed by atoms with Crippen molar-refractivity contribution >= 4 is 0 Å². The molecular formula is C26H42O5. The van der Waals surface area contributed by atoms with Gasteiger partial charge < -0.3 is 23.7 Å². The van der Waals surface area contributed by atoms with Crippen LogP contribution in [-0.2, 0) is 23.7 Å². The van der Waals surface area contributed by atoms with E-state index in [1.165, 1.54) is 77.0 Å². The highest BCUT2D eigenvalue weighted by molar-refractivity contribution is 5.22. The quantitative estimate of drug-likeness (QED) is 0.309. The molecule has 0 aromatic heterocycles. The average molecular weight is 435 g/mol. The minimum Gasteiger partial charge on any atom is -0.323 e. The smallest absolute Gasteiger partial charge is 0.178 e. The van der Waals surface area contributed by atoms with E-state index in [1.807, 2.05) is 0 Å². The molecule has 0 spiro atoms. The summed E-state index contributed by atoms with van der Waals surface area (Å²) >= 11 is 0. The Bertz CT molecular complexity index is 604. The summed E-state index contributed by atoms with van der Waals surface area (Å²) in [4.78, 5) is 0. The van der Waals surface area contributed by atoms with Crippen molar-refractivity contribution in [1.29, 1.82) is 0 Å². The summed E-state index contributed by atoms with van der Waals surface area (Å²) in [5.74, 6) is 1.25. The highest BCUT2D eigenvalue weighted by Crippen LogP contribution is 2.77. The molecule has 2 unspecified atom stereocenters. The lowest BCUT2D eigenvalue weighted by atomic mass is 9.79. The molecule has 0 N–H and O–H groups in total. The van der Waals surface area contributed by atoms with E-state index in [4.69, 9.17) is 23.7 Å². The van der Waals surface area contributed by atoms with Gasteiger partial charge in [0, 0.05) is 42.4 Å². The minimum absolute atomic E-state index is 0.116. The van der Waals surface area contributed by atoms with Crippen molar-refractivity contribution in [1.82, 2.24) is 0 Å². The summed E-state index contributed by atoms with van der Waals surface area (Å²) in [6.45, 7) is 4.55. The topological polar surface area (TPSA) is 46.2 Å². The molecule has 5 heterocycles. The van der Waals surface area contributed by atoms with Crippen LogP contribution in [0.15, 0.2) is 0 Å². The van der Waals surface area contributed by atoms with E-state index in [0.717, 1.165) is 12.8 Å². The fraction of sp³-hybridized carbons (Fsp3) is 1.00. The van der Waals surface area contributed by atoms with Crippen molar-refractivity contribution in [3.63, 3.8) is 0 Å². The molecule has 0 aromatic rings. The summed E-state index contributed by atoms with van der Waals surface area (Å²) < 4.78 is 32.7. The summed E-state index contributed by atoms with van der Waals surface area (Å²) in [6, 6.07) is 0. The highest BCUT2D eigenvalue weighted by Gasteiger charge is 2.86. The zero-order valence-electron chi connectivity index (χ0n) is 19.6. The molecule has 10 atom stereocenters. The van der Waals surface area contributed by atoms with Crippen molar-refractivity contribution in [2.45, 2.75) is 134 Å². The molecule has 5 nitrogen and oxygen atoms in total. The van der Waals surface area contributed by atoms with Crippen LogP contribution in [0.5, 0.6) is 0 Å². The predicted molar refractivity (Wildman–Crippen MR) is 116 cm³/mol. The third kappa shape index (κ3) is 3.13. The number of hydrogen-bond donors (Lipinski definition) is 0. The van der Waals surface area contributed by atoms with Crippen LogP contribution < -0.4 is 0 Å². The second-order valence-electron chi connectivity index (χ2n) is 11.2. The molecule has 0 amide bonds. The number of ether oxygens (including phenoxy) is 5. The average Bonchev–Trinajstić information content (AvgIpc) is 3.52. The summed E-state index contributed by atoms with van der Waals surface area (Å²) in [6.07, 6.45) is 17.2. The molecule has 6 aliphatic rings. The second-order valence-corrected chi connectivity index (χ2v) is 11.2. The molecule has 0 aromatic carbocycles. The van der Waals surface area contributed by atoms with Crippen LogP contribution in [-0.4, -0.2) is 30.4 Å². The Morgan fingerprint density at radius 3 is 1.45 bits per heavy atom. The molecule has 31 heavy (non-hydrogen) atoms. The van der Waals surface area contributed by atoms with Crippen LogP contribution in [0.3, 0.4) is 0 Å². The number of rotatable bonds is 14. The summed E-state index contributed by atoms with van der Waals surface area (Å²) in [5.41, 5.74) is 0. The maximum atomic E-state index is 6.98. The van der Waals surface area contributed by atoms with Gasteiger partial charge in [0.25, 0.3) is 0 Å². The summed E-state index contributed by atoms with van der Waals surface area (Å²) in [7, 11) is 0. The molecule has 0 radical (unpaired) electrons. The maximum absolute atomic E-state index is 6.98. The van der Waals surface area contributed by atoms with Crippen LogP contribution in [0.2, 0.25) is 0 Å². The Hall–Kier alpha value is -0.200. The second kappa shape index (κ2) is 8.23. The lowest BCUT2D eigenvalue weighted by Crippen LogP contribution is -2.43. The van der Waals surface area contributed by atoms with Gasteiger partial charge >= 0.3 is 0 Å². The first-order valence-corrected chi connectivity index (χ1v) is 13.6. The monoisotopic (exact) mass is 434 g/mol. The molecule has 1 saturated carbocycles. The van der Waals surface area contributed by atoms with Gasteiger partial charge in [0.15, 0.2) is 30.4 Å². The van der Waals surface area contributed by atoms with Crippen LogP contribution in [0, 0.1) is 29.6 Å². The van der Waals surface area contributed by atoms with E-state index in [1.54, 1.807) is 0 Å². The van der Waals surface area contributed by atoms with E-state index >= 15 is 0 Å². The zero-order valence-corrected chi connectivity index (χ0v) is 19.6. The lowest BCUT2D eigenvalue weighted by molar-refractivity contribution is -0.389. The normalized spacial score (nSPS) is 49.7. The molecule has 176 valence electrons. The maximum Gasteiger partial charge on any atom is 0.178 e. The van der Waals surface area contributed by atoms with Crippen molar-refractivity contribution in [2.75, 3.05) is 0 Å². The highest BCUT2D eigenvalue weighted by atomic mass is 16.9. The van der Waals surface area contributed by atoms with Gasteiger partial charge in [-0.15, -0.1) is 0 Å². The minimum atomic E-state index is -0.479. The van der Waals surface area contributed by atoms with Crippen LogP contribution in [0.4, 0.5) is 0 Å². The van der Waals surface area contributed by atoms with Gasteiger partial charge in [-0.3, -0.25) is 0 Å². The summed E-state index contributed by atoms with van der Waals surface area (Å²) in [5, 5.41) is 0. The van der Waals surface area contributed by atoms with Crippen LogP contribution in [0.1, 0.15) is 104 Å². The Morgan fingerprint density at radius 2 is 0.968 bits per heavy atom. The Kier molecular flexibility index (Phi) is 5.67. The van der Waals surface area contributed by atoms with E-state index < -0.39 is 11.6 Å². The predicted octanol–water partition coefficient (Wildman–Crippen LogP) is 6.10. The van der Waals surface area contributed by atoms with E-state index in [0.29, 0.717) is 29.6 Å². The standard InChI is InChI=1S/C26H42O5/c1-3-5-7-9-11-13-15-25-20-18-17-19-21(20)26(31-25,16-14-12-10-8-6-4-2)30-24(19)28-22(17)27-23(18)29-25/h17-24H,3-16H2,1-2H3/t17?,18-,19+,20-,21+,22?,23+,24-,25+,26-. The fourth-order valence-electron chi connectivity index (χ4n) is 8.17. The van der Waals surface area contributed by atoms with Crippen LogP contribution in [0.25, 0.3) is 0 Å². The third-order valence-corrected chi connectivity index (χ3v) is 9.33. The van der Waals surface area contributed by atoms with Gasteiger partial charge in [-0.05, 0) is 12.8 Å². The molecule has 6 rings (SSSR count). The van der Waals surface area contributed by atoms with Crippen molar-refractivity contribution in [3.8, 4) is 0 Å². The lowest BCUT2D eigenvalue weighted by Gasteiger charge is -2.36. The van der Waals surface area contributed by atoms with Gasteiger partial charge in [-0.1, -0.05) is 78.1 Å². The first kappa shape index (κ1) is 21.3. The molecule has 6 fully saturated rings. The number of hydrogen-bond acceptors (Lipinski definition) is 5. The Balaban J connectivity index is 1.16. The SMILES string of the molecule is CCCCCCCC[C@]12O[C@@H]3OC4O[C@@H]5O[C@](CCCCCCCC)(O1)[C@H]1[C@@H]5C4[C@@H]3[C@H]12. The molecule has 5 heteroatoms. The Labute approximate surface area is 187 Å². The van der Waals surface area contributed by atoms with Gasteiger partial charge in [-0.2, -0.15) is 0 Å². The molecule has 1 aliphatic carbocycles. The zero-order chi connectivity index (χ0) is 21.1. The van der Waals surface area contributed by atoms with E-state index in [2.05, 4.69) is 13.8 Å². The number of unbranched alkanes of at least 4 members (excludes halogenated alkanes) is 10. The molecule has 0 bridgehead atoms. The van der Waals surface area contributed by atoms with Gasteiger partial charge in [0.05, 0.1) is 0 Å². The first-order chi connectivity index (χ1) is 15.2. The first-order valence-electron chi connectivity index (χ1n) is 13.6. The van der Waals surface area contributed by atoms with Crippen molar-refractivity contribution < 1.29 is 23.7 Å². The van der Waals surface area contributed by atoms with Crippen LogP contribution >= 0.6 is 0 Å². The molecular weight excluding hydrogens is 392 g/mol. The largest absolute Gasteiger partial charge is 0.323 e. The van der Waals surface area contributed by atoms with Gasteiger partial charge in [0.2, 0.25) is 0 Å². The van der Waals surface area contributed by atoms with Gasteiger partial charge in [-0.25, -0.2) is 0 Å². The third-order valence-electron chi connectivity index (χ3n) is 9.33. The van der Waals surface area contributed by atoms with E-state index in [-0.39, 0.29) is 18.9 Å². The Morgan fingerprint density at radius 1 is 0.516 bits per heavy atom. The fourth-order valence-corrected chi connectivity index (χ4v) is 8.17. The van der Waals surface area contributed by atoms with Crippen molar-refractivity contribution in [3.05, 3.63) is 0 Å². The van der Waals surface area contributed by atoms with Crippen molar-refractivity contribution in [2.24, 2.45) is 29.6 Å². The van der Waals surface area contributed by atoms with E-state index in [9.17, 15) is 0 Å².